The zero-order valence-electron chi connectivity index (χ0n) is 14.9. The standard InChI is InChI=1S/C20H24N2O3S/c1-16-9-8-12-18(15-16)26(24,25)21-19(17-10-4-2-5-11-17)20(23)22-13-6-3-7-14-22/h2,4-5,8-12,15,19,21H,3,6-7,13-14H2,1H3/t19-/m0/s1. The number of amides is 1. The highest BCUT2D eigenvalue weighted by Crippen LogP contribution is 2.22. The number of carbonyl (C=O) groups is 1. The van der Waals surface area contributed by atoms with Gasteiger partial charge in [0, 0.05) is 13.1 Å². The third kappa shape index (κ3) is 4.31. The monoisotopic (exact) mass is 372 g/mol. The summed E-state index contributed by atoms with van der Waals surface area (Å²) in [4.78, 5) is 15.0. The van der Waals surface area contributed by atoms with Gasteiger partial charge in [0.1, 0.15) is 6.04 Å². The molecule has 0 spiro atoms. The van der Waals surface area contributed by atoms with Gasteiger partial charge in [0.2, 0.25) is 15.9 Å². The molecular formula is C20H24N2O3S. The van der Waals surface area contributed by atoms with Gasteiger partial charge in [-0.1, -0.05) is 42.5 Å². The van der Waals surface area contributed by atoms with Crippen molar-refractivity contribution < 1.29 is 13.2 Å². The molecule has 0 radical (unpaired) electrons. The van der Waals surface area contributed by atoms with E-state index in [9.17, 15) is 13.2 Å². The number of hydrogen-bond donors (Lipinski definition) is 1. The molecule has 3 rings (SSSR count). The Bertz CT molecular complexity index is 860. The maximum atomic E-state index is 13.1. The quantitative estimate of drug-likeness (QED) is 0.877. The van der Waals surface area contributed by atoms with Gasteiger partial charge >= 0.3 is 0 Å². The van der Waals surface area contributed by atoms with E-state index < -0.39 is 16.1 Å². The highest BCUT2D eigenvalue weighted by molar-refractivity contribution is 7.89. The molecule has 138 valence electrons. The van der Waals surface area contributed by atoms with Gasteiger partial charge in [-0.05, 0) is 49.4 Å². The van der Waals surface area contributed by atoms with Crippen molar-refractivity contribution in [2.75, 3.05) is 13.1 Å². The number of carbonyl (C=O) groups excluding carboxylic acids is 1. The van der Waals surface area contributed by atoms with E-state index >= 15 is 0 Å². The number of hydrogen-bond acceptors (Lipinski definition) is 3. The highest BCUT2D eigenvalue weighted by Gasteiger charge is 2.31. The summed E-state index contributed by atoms with van der Waals surface area (Å²) >= 11 is 0. The van der Waals surface area contributed by atoms with Gasteiger partial charge in [0.05, 0.1) is 4.90 Å². The first-order valence-corrected chi connectivity index (χ1v) is 10.4. The zero-order chi connectivity index (χ0) is 18.6. The summed E-state index contributed by atoms with van der Waals surface area (Å²) in [5.74, 6) is -0.188. The molecule has 1 aliphatic rings. The van der Waals surface area contributed by atoms with Gasteiger partial charge in [0.25, 0.3) is 0 Å². The second-order valence-electron chi connectivity index (χ2n) is 6.67. The van der Waals surface area contributed by atoms with Crippen molar-refractivity contribution in [2.45, 2.75) is 37.1 Å². The van der Waals surface area contributed by atoms with E-state index in [4.69, 9.17) is 0 Å². The van der Waals surface area contributed by atoms with E-state index in [2.05, 4.69) is 4.72 Å². The number of piperidine rings is 1. The molecule has 2 aromatic carbocycles. The van der Waals surface area contributed by atoms with Crippen molar-refractivity contribution in [3.05, 3.63) is 65.7 Å². The van der Waals surface area contributed by atoms with Crippen LogP contribution in [0.15, 0.2) is 59.5 Å². The number of nitrogens with zero attached hydrogens (tertiary/aromatic N) is 1. The molecule has 0 unspecified atom stereocenters. The first kappa shape index (κ1) is 18.6. The molecule has 2 aromatic rings. The first-order valence-electron chi connectivity index (χ1n) is 8.90. The Hall–Kier alpha value is -2.18. The number of nitrogens with one attached hydrogen (secondary N) is 1. The van der Waals surface area contributed by atoms with E-state index in [1.165, 1.54) is 0 Å². The van der Waals surface area contributed by atoms with Crippen molar-refractivity contribution in [3.63, 3.8) is 0 Å². The molecule has 1 aliphatic heterocycles. The third-order valence-electron chi connectivity index (χ3n) is 4.62. The summed E-state index contributed by atoms with van der Waals surface area (Å²) in [6, 6.07) is 14.8. The number of benzene rings is 2. The minimum Gasteiger partial charge on any atom is -0.341 e. The van der Waals surface area contributed by atoms with Gasteiger partial charge in [0.15, 0.2) is 0 Å². The molecule has 0 aliphatic carbocycles. The number of likely N-dealkylation sites (tertiary alicyclic amines) is 1. The normalized spacial score (nSPS) is 16.3. The van der Waals surface area contributed by atoms with Gasteiger partial charge in [-0.15, -0.1) is 0 Å². The summed E-state index contributed by atoms with van der Waals surface area (Å²) < 4.78 is 28.4. The van der Waals surface area contributed by atoms with Crippen LogP contribution in [-0.2, 0) is 14.8 Å². The Morgan fingerprint density at radius 3 is 2.35 bits per heavy atom. The molecule has 0 bridgehead atoms. The fourth-order valence-electron chi connectivity index (χ4n) is 3.21. The van der Waals surface area contributed by atoms with Crippen LogP contribution in [0.1, 0.15) is 36.4 Å². The molecule has 1 atom stereocenters. The molecule has 1 saturated heterocycles. The van der Waals surface area contributed by atoms with Gasteiger partial charge < -0.3 is 4.90 Å². The summed E-state index contributed by atoms with van der Waals surface area (Å²) in [7, 11) is -3.81. The minimum absolute atomic E-state index is 0.171. The molecule has 26 heavy (non-hydrogen) atoms. The average molecular weight is 372 g/mol. The molecular weight excluding hydrogens is 348 g/mol. The molecule has 6 heteroatoms. The second kappa shape index (κ2) is 8.01. The number of sulfonamides is 1. The van der Waals surface area contributed by atoms with Gasteiger partial charge in [-0.3, -0.25) is 4.79 Å². The van der Waals surface area contributed by atoms with Crippen LogP contribution in [0.5, 0.6) is 0 Å². The lowest BCUT2D eigenvalue weighted by molar-refractivity contribution is -0.134. The minimum atomic E-state index is -3.81. The lowest BCUT2D eigenvalue weighted by Crippen LogP contribution is -2.44. The SMILES string of the molecule is Cc1cccc(S(=O)(=O)N[C@H](C(=O)N2CCCCC2)c2ccccc2)c1. The highest BCUT2D eigenvalue weighted by atomic mass is 32.2. The smallest absolute Gasteiger partial charge is 0.245 e. The summed E-state index contributed by atoms with van der Waals surface area (Å²) in [6.07, 6.45) is 3.02. The fourth-order valence-corrected chi connectivity index (χ4v) is 4.49. The fraction of sp³-hybridized carbons (Fsp3) is 0.350. The van der Waals surface area contributed by atoms with E-state index in [1.54, 1.807) is 35.2 Å². The maximum Gasteiger partial charge on any atom is 0.245 e. The lowest BCUT2D eigenvalue weighted by Gasteiger charge is -2.31. The summed E-state index contributed by atoms with van der Waals surface area (Å²) in [6.45, 7) is 3.19. The number of rotatable bonds is 5. The molecule has 1 fully saturated rings. The molecule has 1 heterocycles. The Balaban J connectivity index is 1.92. The zero-order valence-corrected chi connectivity index (χ0v) is 15.7. The van der Waals surface area contributed by atoms with Crippen LogP contribution in [0, 0.1) is 6.92 Å². The first-order chi connectivity index (χ1) is 12.5. The predicted molar refractivity (Wildman–Crippen MR) is 101 cm³/mol. The molecule has 1 N–H and O–H groups in total. The Morgan fingerprint density at radius 2 is 1.69 bits per heavy atom. The third-order valence-corrected chi connectivity index (χ3v) is 6.04. The lowest BCUT2D eigenvalue weighted by atomic mass is 10.0. The predicted octanol–water partition coefficient (Wildman–Crippen LogP) is 3.03. The maximum absolute atomic E-state index is 13.1. The summed E-state index contributed by atoms with van der Waals surface area (Å²) in [5.41, 5.74) is 1.51. The van der Waals surface area contributed by atoms with Gasteiger partial charge in [-0.25, -0.2) is 8.42 Å². The van der Waals surface area contributed by atoms with Crippen molar-refractivity contribution in [1.82, 2.24) is 9.62 Å². The van der Waals surface area contributed by atoms with Crippen molar-refractivity contribution in [3.8, 4) is 0 Å². The topological polar surface area (TPSA) is 66.5 Å². The molecule has 0 aromatic heterocycles. The largest absolute Gasteiger partial charge is 0.341 e. The summed E-state index contributed by atoms with van der Waals surface area (Å²) in [5, 5.41) is 0. The van der Waals surface area contributed by atoms with Crippen molar-refractivity contribution in [2.24, 2.45) is 0 Å². The van der Waals surface area contributed by atoms with Crippen LogP contribution in [0.25, 0.3) is 0 Å². The van der Waals surface area contributed by atoms with Gasteiger partial charge in [-0.2, -0.15) is 4.72 Å². The second-order valence-corrected chi connectivity index (χ2v) is 8.38. The van der Waals surface area contributed by atoms with Crippen LogP contribution in [0.4, 0.5) is 0 Å². The Morgan fingerprint density at radius 1 is 1.00 bits per heavy atom. The van der Waals surface area contributed by atoms with E-state index in [1.807, 2.05) is 31.2 Å². The number of aryl methyl sites for hydroxylation is 1. The molecule has 5 nitrogen and oxygen atoms in total. The van der Waals surface area contributed by atoms with Crippen LogP contribution in [0.3, 0.4) is 0 Å². The van der Waals surface area contributed by atoms with E-state index in [0.717, 1.165) is 24.8 Å². The van der Waals surface area contributed by atoms with Crippen LogP contribution in [-0.4, -0.2) is 32.3 Å². The van der Waals surface area contributed by atoms with Crippen LogP contribution < -0.4 is 4.72 Å². The van der Waals surface area contributed by atoms with Crippen molar-refractivity contribution >= 4 is 15.9 Å². The van der Waals surface area contributed by atoms with Crippen LogP contribution >= 0.6 is 0 Å². The van der Waals surface area contributed by atoms with E-state index in [-0.39, 0.29) is 10.8 Å². The van der Waals surface area contributed by atoms with Crippen molar-refractivity contribution in [1.29, 1.82) is 0 Å². The Labute approximate surface area is 155 Å². The van der Waals surface area contributed by atoms with Crippen LogP contribution in [0.2, 0.25) is 0 Å². The molecule has 0 saturated carbocycles. The van der Waals surface area contributed by atoms with E-state index in [0.29, 0.717) is 18.7 Å². The Kier molecular flexibility index (Phi) is 5.74. The molecule has 1 amide bonds. The average Bonchev–Trinajstić information content (AvgIpc) is 2.67.